The molecule has 0 fully saturated rings. The molecule has 0 radical (unpaired) electrons. The van der Waals surface area contributed by atoms with E-state index in [1.807, 2.05) is 0 Å². The van der Waals surface area contributed by atoms with Crippen LogP contribution in [0.1, 0.15) is 22.3 Å². The fraction of sp³-hybridized carbons (Fsp3) is 0.190. The van der Waals surface area contributed by atoms with Crippen molar-refractivity contribution >= 4 is 35.6 Å². The minimum absolute atomic E-state index is 0.147. The number of aromatic nitrogens is 1. The van der Waals surface area contributed by atoms with E-state index in [-0.39, 0.29) is 24.3 Å². The lowest BCUT2D eigenvalue weighted by molar-refractivity contribution is -0.142. The second kappa shape index (κ2) is 9.41. The summed E-state index contributed by atoms with van der Waals surface area (Å²) < 4.78 is 167. The molecule has 0 atom stereocenters. The van der Waals surface area contributed by atoms with Crippen LogP contribution in [-0.4, -0.2) is 4.98 Å². The van der Waals surface area contributed by atoms with Crippen molar-refractivity contribution in [2.75, 3.05) is 0 Å². The summed E-state index contributed by atoms with van der Waals surface area (Å²) in [4.78, 5) is 3.54. The normalized spacial score (nSPS) is 13.4. The predicted molar refractivity (Wildman–Crippen MR) is 108 cm³/mol. The first-order valence-corrected chi connectivity index (χ1v) is 11.0. The Balaban J connectivity index is 2.66. The molecule has 0 saturated carbocycles. The number of halogens is 13. The van der Waals surface area contributed by atoms with Gasteiger partial charge in [0.2, 0.25) is 0 Å². The van der Waals surface area contributed by atoms with Crippen molar-refractivity contribution in [3.8, 4) is 0 Å². The van der Waals surface area contributed by atoms with E-state index >= 15 is 0 Å². The Kier molecular flexibility index (Phi) is 7.33. The molecule has 0 aliphatic carbocycles. The van der Waals surface area contributed by atoms with Gasteiger partial charge >= 0.3 is 24.7 Å². The Labute approximate surface area is 200 Å². The highest BCUT2D eigenvalue weighted by Crippen LogP contribution is 2.48. The SMILES string of the molecule is FC(F)(F)c1cccc(C(F)(F)F)c1P(c1cccc(Cl)n1)c1c(C(F)(F)F)cccc1C(F)(F)F. The van der Waals surface area contributed by atoms with Gasteiger partial charge in [0.05, 0.1) is 27.7 Å². The van der Waals surface area contributed by atoms with Crippen LogP contribution >= 0.6 is 19.5 Å². The summed E-state index contributed by atoms with van der Waals surface area (Å²) in [5.74, 6) is 0. The van der Waals surface area contributed by atoms with E-state index in [9.17, 15) is 52.7 Å². The predicted octanol–water partition coefficient (Wildman–Crippen LogP) is 7.57. The summed E-state index contributed by atoms with van der Waals surface area (Å²) in [7, 11) is -3.88. The molecule has 0 aliphatic rings. The molecule has 0 N–H and O–H groups in total. The van der Waals surface area contributed by atoms with Crippen LogP contribution in [0, 0.1) is 0 Å². The minimum Gasteiger partial charge on any atom is -0.236 e. The molecule has 0 bridgehead atoms. The monoisotopic (exact) mass is 569 g/mol. The highest BCUT2D eigenvalue weighted by molar-refractivity contribution is 7.80. The lowest BCUT2D eigenvalue weighted by Gasteiger charge is -2.30. The minimum atomic E-state index is -5.58. The second-order valence-electron chi connectivity index (χ2n) is 7.05. The van der Waals surface area contributed by atoms with Crippen molar-refractivity contribution in [1.82, 2.24) is 4.98 Å². The zero-order valence-corrected chi connectivity index (χ0v) is 18.7. The number of rotatable bonds is 3. The average Bonchev–Trinajstić information content (AvgIpc) is 2.71. The summed E-state index contributed by atoms with van der Waals surface area (Å²) in [5.41, 5.74) is -9.17. The fourth-order valence-electron chi connectivity index (χ4n) is 3.35. The Morgan fingerprint density at radius 2 is 0.806 bits per heavy atom. The Morgan fingerprint density at radius 1 is 0.500 bits per heavy atom. The largest absolute Gasteiger partial charge is 0.417 e. The lowest BCUT2D eigenvalue weighted by atomic mass is 10.1. The second-order valence-corrected chi connectivity index (χ2v) is 9.46. The van der Waals surface area contributed by atoms with E-state index in [1.54, 1.807) is 0 Å². The quantitative estimate of drug-likeness (QED) is 0.180. The number of pyridine rings is 1. The Hall–Kier alpha value is -2.53. The Morgan fingerprint density at radius 3 is 1.08 bits per heavy atom. The summed E-state index contributed by atoms with van der Waals surface area (Å²) in [6.45, 7) is 0. The van der Waals surface area contributed by atoms with Gasteiger partial charge in [-0.25, -0.2) is 4.98 Å². The number of nitrogens with zero attached hydrogens (tertiary/aromatic N) is 1. The van der Waals surface area contributed by atoms with Gasteiger partial charge in [-0.05, 0) is 36.4 Å². The molecule has 0 amide bonds. The number of hydrogen-bond donors (Lipinski definition) is 0. The van der Waals surface area contributed by atoms with Crippen molar-refractivity contribution < 1.29 is 52.7 Å². The van der Waals surface area contributed by atoms with E-state index in [0.29, 0.717) is 12.1 Å². The van der Waals surface area contributed by atoms with Crippen molar-refractivity contribution in [2.24, 2.45) is 0 Å². The van der Waals surface area contributed by atoms with Crippen LogP contribution in [0.3, 0.4) is 0 Å². The molecule has 3 aromatic rings. The molecular formula is C21H9ClF12NP. The van der Waals surface area contributed by atoms with Gasteiger partial charge in [-0.3, -0.25) is 0 Å². The zero-order chi connectivity index (χ0) is 27.3. The van der Waals surface area contributed by atoms with Gasteiger partial charge in [0.15, 0.2) is 0 Å². The van der Waals surface area contributed by atoms with Crippen LogP contribution < -0.4 is 16.0 Å². The lowest BCUT2D eigenvalue weighted by Crippen LogP contribution is -2.38. The van der Waals surface area contributed by atoms with E-state index in [4.69, 9.17) is 11.6 Å². The van der Waals surface area contributed by atoms with Gasteiger partial charge in [0, 0.05) is 18.5 Å². The number of alkyl halides is 12. The van der Waals surface area contributed by atoms with E-state index in [1.165, 1.54) is 0 Å². The highest BCUT2D eigenvalue weighted by Gasteiger charge is 2.49. The highest BCUT2D eigenvalue weighted by atomic mass is 35.5. The van der Waals surface area contributed by atoms with Crippen LogP contribution in [0.25, 0.3) is 0 Å². The molecule has 3 rings (SSSR count). The number of hydrogen-bond acceptors (Lipinski definition) is 1. The molecule has 2 aromatic carbocycles. The molecular weight excluding hydrogens is 561 g/mol. The zero-order valence-electron chi connectivity index (χ0n) is 17.0. The fourth-order valence-corrected chi connectivity index (χ4v) is 6.46. The van der Waals surface area contributed by atoms with Gasteiger partial charge in [-0.1, -0.05) is 29.8 Å². The summed E-state index contributed by atoms with van der Waals surface area (Å²) in [5, 5.41) is -4.20. The maximum atomic E-state index is 13.9. The standard InChI is InChI=1S/C21H9ClF12NP/c22-14-8-3-9-15(35-14)36(16-10(18(23,24)25)4-1-5-11(16)19(26,27)28)17-12(20(29,30)31)6-2-7-13(17)21(32,33)34/h1-9H. The maximum Gasteiger partial charge on any atom is 0.417 e. The van der Waals surface area contributed by atoms with Crippen LogP contribution in [0.4, 0.5) is 52.7 Å². The van der Waals surface area contributed by atoms with Crippen molar-refractivity contribution in [3.05, 3.63) is 82.0 Å². The summed E-state index contributed by atoms with van der Waals surface area (Å²) in [6.07, 6.45) is -22.3. The van der Waals surface area contributed by atoms with Crippen molar-refractivity contribution in [3.63, 3.8) is 0 Å². The summed E-state index contributed by atoms with van der Waals surface area (Å²) in [6, 6.07) is 3.96. The van der Waals surface area contributed by atoms with Crippen LogP contribution in [0.2, 0.25) is 5.15 Å². The molecule has 1 nitrogen and oxygen atoms in total. The van der Waals surface area contributed by atoms with E-state index < -0.39 is 76.1 Å². The van der Waals surface area contributed by atoms with Gasteiger partial charge in [0.25, 0.3) is 0 Å². The smallest absolute Gasteiger partial charge is 0.236 e. The number of benzene rings is 2. The molecule has 0 unspecified atom stereocenters. The first kappa shape index (κ1) is 28.0. The van der Waals surface area contributed by atoms with Crippen LogP contribution in [-0.2, 0) is 24.7 Å². The molecule has 36 heavy (non-hydrogen) atoms. The molecule has 1 heterocycles. The van der Waals surface area contributed by atoms with Crippen LogP contribution in [0.15, 0.2) is 54.6 Å². The molecule has 0 aliphatic heterocycles. The summed E-state index contributed by atoms with van der Waals surface area (Å²) >= 11 is 5.69. The first-order chi connectivity index (χ1) is 16.3. The van der Waals surface area contributed by atoms with Gasteiger partial charge in [-0.15, -0.1) is 0 Å². The molecule has 15 heteroatoms. The average molecular weight is 570 g/mol. The Bertz CT molecular complexity index is 1120. The molecule has 1 aromatic heterocycles. The molecule has 0 saturated heterocycles. The topological polar surface area (TPSA) is 12.9 Å². The molecule has 0 spiro atoms. The first-order valence-electron chi connectivity index (χ1n) is 9.31. The third kappa shape index (κ3) is 5.72. The van der Waals surface area contributed by atoms with E-state index in [0.717, 1.165) is 18.2 Å². The molecule has 194 valence electrons. The van der Waals surface area contributed by atoms with Gasteiger partial charge in [0.1, 0.15) is 5.15 Å². The third-order valence-electron chi connectivity index (χ3n) is 4.67. The maximum absolute atomic E-state index is 13.9. The van der Waals surface area contributed by atoms with E-state index in [2.05, 4.69) is 4.98 Å². The van der Waals surface area contributed by atoms with Gasteiger partial charge < -0.3 is 0 Å². The third-order valence-corrected chi connectivity index (χ3v) is 7.45. The van der Waals surface area contributed by atoms with Crippen molar-refractivity contribution in [2.45, 2.75) is 24.7 Å². The van der Waals surface area contributed by atoms with Gasteiger partial charge in [-0.2, -0.15) is 52.7 Å². The van der Waals surface area contributed by atoms with Crippen molar-refractivity contribution in [1.29, 1.82) is 0 Å². The van der Waals surface area contributed by atoms with Crippen LogP contribution in [0.5, 0.6) is 0 Å².